The third-order valence-electron chi connectivity index (χ3n) is 3.06. The summed E-state index contributed by atoms with van der Waals surface area (Å²) in [6.45, 7) is 4.17. The average Bonchev–Trinajstić information content (AvgIpc) is 2.32. The normalized spacial score (nSPS) is 21.4. The van der Waals surface area contributed by atoms with E-state index < -0.39 is 5.97 Å². The number of hydrogen-bond acceptors (Lipinski definition) is 3. The molecule has 0 spiro atoms. The van der Waals surface area contributed by atoms with Crippen LogP contribution in [-0.2, 0) is 6.54 Å². The second kappa shape index (κ2) is 5.56. The summed E-state index contributed by atoms with van der Waals surface area (Å²) in [6.07, 6.45) is 0. The molecule has 3 nitrogen and oxygen atoms in total. The van der Waals surface area contributed by atoms with E-state index in [1.807, 2.05) is 23.9 Å². The molecule has 0 radical (unpaired) electrons. The van der Waals surface area contributed by atoms with Crippen molar-refractivity contribution < 1.29 is 9.90 Å². The van der Waals surface area contributed by atoms with Crippen molar-refractivity contribution in [3.05, 3.63) is 35.4 Å². The Bertz CT molecular complexity index is 408. The van der Waals surface area contributed by atoms with Crippen molar-refractivity contribution in [2.45, 2.75) is 19.5 Å². The van der Waals surface area contributed by atoms with Crippen molar-refractivity contribution in [3.8, 4) is 0 Å². The smallest absolute Gasteiger partial charge is 0.335 e. The van der Waals surface area contributed by atoms with Gasteiger partial charge >= 0.3 is 5.97 Å². The average molecular weight is 251 g/mol. The van der Waals surface area contributed by atoms with E-state index in [2.05, 4.69) is 11.8 Å². The van der Waals surface area contributed by atoms with Gasteiger partial charge in [-0.1, -0.05) is 12.1 Å². The number of hydrogen-bond donors (Lipinski definition) is 1. The van der Waals surface area contributed by atoms with Gasteiger partial charge in [-0.25, -0.2) is 4.79 Å². The lowest BCUT2D eigenvalue weighted by Gasteiger charge is -2.33. The fourth-order valence-corrected chi connectivity index (χ4v) is 3.12. The van der Waals surface area contributed by atoms with E-state index in [1.54, 1.807) is 12.1 Å². The van der Waals surface area contributed by atoms with E-state index in [-0.39, 0.29) is 0 Å². The Hall–Kier alpha value is -1.00. The Labute approximate surface area is 106 Å². The number of carbonyl (C=O) groups is 1. The highest BCUT2D eigenvalue weighted by molar-refractivity contribution is 7.99. The number of benzene rings is 1. The molecule has 2 rings (SSSR count). The zero-order chi connectivity index (χ0) is 12.3. The number of rotatable bonds is 3. The summed E-state index contributed by atoms with van der Waals surface area (Å²) in [5.74, 6) is 1.48. The first-order valence-corrected chi connectivity index (χ1v) is 6.96. The number of thioether (sulfide) groups is 1. The highest BCUT2D eigenvalue weighted by atomic mass is 32.2. The lowest BCUT2D eigenvalue weighted by atomic mass is 10.1. The first-order valence-electron chi connectivity index (χ1n) is 5.81. The molecule has 92 valence electrons. The molecule has 1 aliphatic rings. The maximum Gasteiger partial charge on any atom is 0.335 e. The van der Waals surface area contributed by atoms with E-state index in [0.717, 1.165) is 18.7 Å². The zero-order valence-corrected chi connectivity index (χ0v) is 10.7. The van der Waals surface area contributed by atoms with Crippen molar-refractivity contribution >= 4 is 17.7 Å². The minimum absolute atomic E-state index is 0.376. The second-order valence-corrected chi connectivity index (χ2v) is 5.55. The predicted octanol–water partition coefficient (Wildman–Crippen LogP) is 2.32. The molecule has 1 atom stereocenters. The van der Waals surface area contributed by atoms with Crippen LogP contribution < -0.4 is 0 Å². The summed E-state index contributed by atoms with van der Waals surface area (Å²) in [7, 11) is 0. The van der Waals surface area contributed by atoms with Gasteiger partial charge in [0, 0.05) is 30.6 Å². The molecule has 1 fully saturated rings. The molecule has 1 heterocycles. The maximum atomic E-state index is 10.9. The van der Waals surface area contributed by atoms with Gasteiger partial charge < -0.3 is 5.11 Å². The fraction of sp³-hybridized carbons (Fsp3) is 0.462. The number of aromatic carboxylic acids is 1. The molecule has 0 aromatic heterocycles. The van der Waals surface area contributed by atoms with Gasteiger partial charge in [-0.2, -0.15) is 11.8 Å². The van der Waals surface area contributed by atoms with Gasteiger partial charge in [0.25, 0.3) is 0 Å². The van der Waals surface area contributed by atoms with Crippen LogP contribution in [-0.4, -0.2) is 40.1 Å². The highest BCUT2D eigenvalue weighted by Crippen LogP contribution is 2.19. The minimum atomic E-state index is -0.853. The SMILES string of the molecule is CC1CSCCN1Cc1cccc(C(=O)O)c1. The van der Waals surface area contributed by atoms with Gasteiger partial charge in [-0.3, -0.25) is 4.90 Å². The first-order chi connectivity index (χ1) is 8.16. The lowest BCUT2D eigenvalue weighted by molar-refractivity contribution is 0.0696. The standard InChI is InChI=1S/C13H17NO2S/c1-10-9-17-6-5-14(10)8-11-3-2-4-12(7-11)13(15)16/h2-4,7,10H,5-6,8-9H2,1H3,(H,15,16). The molecular weight excluding hydrogens is 234 g/mol. The van der Waals surface area contributed by atoms with Gasteiger partial charge in [0.15, 0.2) is 0 Å². The molecule has 0 saturated carbocycles. The number of carboxylic acids is 1. The van der Waals surface area contributed by atoms with Crippen molar-refractivity contribution in [3.63, 3.8) is 0 Å². The molecule has 1 saturated heterocycles. The quantitative estimate of drug-likeness (QED) is 0.895. The van der Waals surface area contributed by atoms with Crippen molar-refractivity contribution in [1.29, 1.82) is 0 Å². The Kier molecular flexibility index (Phi) is 4.07. The van der Waals surface area contributed by atoms with E-state index in [9.17, 15) is 4.79 Å². The Morgan fingerprint density at radius 1 is 1.59 bits per heavy atom. The van der Waals surface area contributed by atoms with E-state index in [1.165, 1.54) is 11.5 Å². The Balaban J connectivity index is 2.07. The van der Waals surface area contributed by atoms with Crippen LogP contribution in [0.1, 0.15) is 22.8 Å². The minimum Gasteiger partial charge on any atom is -0.478 e. The van der Waals surface area contributed by atoms with E-state index >= 15 is 0 Å². The molecule has 1 aliphatic heterocycles. The molecule has 1 N–H and O–H groups in total. The Morgan fingerprint density at radius 3 is 3.12 bits per heavy atom. The zero-order valence-electron chi connectivity index (χ0n) is 9.93. The van der Waals surface area contributed by atoms with Gasteiger partial charge in [0.1, 0.15) is 0 Å². The predicted molar refractivity (Wildman–Crippen MR) is 70.6 cm³/mol. The first kappa shape index (κ1) is 12.5. The van der Waals surface area contributed by atoms with E-state index in [4.69, 9.17) is 5.11 Å². The molecule has 1 aromatic rings. The van der Waals surface area contributed by atoms with Gasteiger partial charge in [0.2, 0.25) is 0 Å². The van der Waals surface area contributed by atoms with Gasteiger partial charge in [-0.05, 0) is 24.6 Å². The van der Waals surface area contributed by atoms with Crippen LogP contribution in [0.15, 0.2) is 24.3 Å². The molecular formula is C13H17NO2S. The largest absolute Gasteiger partial charge is 0.478 e. The molecule has 0 aliphatic carbocycles. The summed E-state index contributed by atoms with van der Waals surface area (Å²) in [5, 5.41) is 8.95. The van der Waals surface area contributed by atoms with Gasteiger partial charge in [-0.15, -0.1) is 0 Å². The monoisotopic (exact) mass is 251 g/mol. The summed E-state index contributed by atoms with van der Waals surface area (Å²) >= 11 is 1.99. The summed E-state index contributed by atoms with van der Waals surface area (Å²) in [5.41, 5.74) is 1.46. The lowest BCUT2D eigenvalue weighted by Crippen LogP contribution is -2.39. The maximum absolute atomic E-state index is 10.9. The fourth-order valence-electron chi connectivity index (χ4n) is 2.03. The topological polar surface area (TPSA) is 40.5 Å². The molecule has 0 amide bonds. The van der Waals surface area contributed by atoms with E-state index in [0.29, 0.717) is 11.6 Å². The number of nitrogens with zero attached hydrogens (tertiary/aromatic N) is 1. The molecule has 1 unspecified atom stereocenters. The van der Waals surface area contributed by atoms with Crippen LogP contribution in [0, 0.1) is 0 Å². The Morgan fingerprint density at radius 2 is 2.41 bits per heavy atom. The van der Waals surface area contributed by atoms with Crippen molar-refractivity contribution in [2.75, 3.05) is 18.1 Å². The van der Waals surface area contributed by atoms with Crippen LogP contribution in [0.4, 0.5) is 0 Å². The highest BCUT2D eigenvalue weighted by Gasteiger charge is 2.18. The van der Waals surface area contributed by atoms with Gasteiger partial charge in [0.05, 0.1) is 5.56 Å². The number of carboxylic acid groups (broad SMARTS) is 1. The molecule has 0 bridgehead atoms. The molecule has 1 aromatic carbocycles. The van der Waals surface area contributed by atoms with Crippen molar-refractivity contribution in [1.82, 2.24) is 4.90 Å². The molecule has 4 heteroatoms. The van der Waals surface area contributed by atoms with Crippen LogP contribution in [0.5, 0.6) is 0 Å². The molecule has 17 heavy (non-hydrogen) atoms. The van der Waals surface area contributed by atoms with Crippen LogP contribution in [0.3, 0.4) is 0 Å². The summed E-state index contributed by atoms with van der Waals surface area (Å²) < 4.78 is 0. The third-order valence-corrected chi connectivity index (χ3v) is 4.25. The van der Waals surface area contributed by atoms with Crippen LogP contribution in [0.25, 0.3) is 0 Å². The van der Waals surface area contributed by atoms with Crippen molar-refractivity contribution in [2.24, 2.45) is 0 Å². The second-order valence-electron chi connectivity index (χ2n) is 4.40. The van der Waals surface area contributed by atoms with Crippen LogP contribution >= 0.6 is 11.8 Å². The summed E-state index contributed by atoms with van der Waals surface area (Å²) in [4.78, 5) is 13.3. The third kappa shape index (κ3) is 3.23. The summed E-state index contributed by atoms with van der Waals surface area (Å²) in [6, 6.07) is 7.81. The van der Waals surface area contributed by atoms with Crippen LogP contribution in [0.2, 0.25) is 0 Å².